The van der Waals surface area contributed by atoms with Crippen LogP contribution in [0.25, 0.3) is 10.8 Å². The molecular formula is C19H19N3OS. The Hall–Kier alpha value is -2.24. The highest BCUT2D eigenvalue weighted by atomic mass is 32.1. The third-order valence-corrected chi connectivity index (χ3v) is 5.57. The van der Waals surface area contributed by atoms with Gasteiger partial charge in [0.15, 0.2) is 5.13 Å². The number of carbonyl (C=O) groups is 1. The van der Waals surface area contributed by atoms with Gasteiger partial charge in [0.2, 0.25) is 0 Å². The first kappa shape index (κ1) is 15.3. The van der Waals surface area contributed by atoms with Crippen LogP contribution >= 0.6 is 11.3 Å². The SMILES string of the molecule is O=C(Nc1ncc(C2CCNCC2)s1)c1ccc2ccccc2c1. The maximum absolute atomic E-state index is 12.5. The van der Waals surface area contributed by atoms with Gasteiger partial charge < -0.3 is 5.32 Å². The lowest BCUT2D eigenvalue weighted by atomic mass is 9.97. The van der Waals surface area contributed by atoms with Gasteiger partial charge in [0.25, 0.3) is 5.91 Å². The van der Waals surface area contributed by atoms with E-state index < -0.39 is 0 Å². The minimum Gasteiger partial charge on any atom is -0.317 e. The summed E-state index contributed by atoms with van der Waals surface area (Å²) in [4.78, 5) is 18.1. The number of nitrogens with zero attached hydrogens (tertiary/aromatic N) is 1. The number of fused-ring (bicyclic) bond motifs is 1. The Morgan fingerprint density at radius 2 is 1.92 bits per heavy atom. The fourth-order valence-corrected chi connectivity index (χ4v) is 4.12. The van der Waals surface area contributed by atoms with Crippen molar-refractivity contribution in [1.29, 1.82) is 0 Å². The molecule has 0 aliphatic carbocycles. The molecule has 4 rings (SSSR count). The molecule has 24 heavy (non-hydrogen) atoms. The Morgan fingerprint density at radius 3 is 2.75 bits per heavy atom. The van der Waals surface area contributed by atoms with Gasteiger partial charge in [0.1, 0.15) is 0 Å². The molecule has 1 aliphatic rings. The first-order chi connectivity index (χ1) is 11.8. The van der Waals surface area contributed by atoms with E-state index >= 15 is 0 Å². The first-order valence-electron chi connectivity index (χ1n) is 8.26. The van der Waals surface area contributed by atoms with Gasteiger partial charge >= 0.3 is 0 Å². The number of amides is 1. The third-order valence-electron chi connectivity index (χ3n) is 4.50. The van der Waals surface area contributed by atoms with E-state index in [0.717, 1.165) is 36.7 Å². The maximum atomic E-state index is 12.5. The second-order valence-electron chi connectivity index (χ2n) is 6.11. The van der Waals surface area contributed by atoms with Crippen LogP contribution in [0, 0.1) is 0 Å². The fourth-order valence-electron chi connectivity index (χ4n) is 3.14. The Bertz CT molecular complexity index is 868. The lowest BCUT2D eigenvalue weighted by Gasteiger charge is -2.20. The number of benzene rings is 2. The molecule has 0 radical (unpaired) electrons. The molecule has 0 bridgehead atoms. The first-order valence-corrected chi connectivity index (χ1v) is 9.08. The summed E-state index contributed by atoms with van der Waals surface area (Å²) in [5.74, 6) is 0.460. The lowest BCUT2D eigenvalue weighted by Crippen LogP contribution is -2.26. The molecule has 0 atom stereocenters. The number of aromatic nitrogens is 1. The molecule has 2 aromatic carbocycles. The summed E-state index contributed by atoms with van der Waals surface area (Å²) >= 11 is 1.60. The monoisotopic (exact) mass is 337 g/mol. The van der Waals surface area contributed by atoms with E-state index in [1.165, 1.54) is 4.88 Å². The minimum absolute atomic E-state index is 0.105. The molecule has 1 saturated heterocycles. The van der Waals surface area contributed by atoms with Gasteiger partial charge in [0.05, 0.1) is 0 Å². The standard InChI is InChI=1S/C19H19N3OS/c23-18(16-6-5-13-3-1-2-4-15(13)11-16)22-19-21-12-17(24-19)14-7-9-20-10-8-14/h1-6,11-12,14,20H,7-10H2,(H,21,22,23). The number of piperidine rings is 1. The second kappa shape index (κ2) is 6.71. The second-order valence-corrected chi connectivity index (χ2v) is 7.17. The van der Waals surface area contributed by atoms with Crippen LogP contribution in [-0.4, -0.2) is 24.0 Å². The highest BCUT2D eigenvalue weighted by Crippen LogP contribution is 2.31. The Kier molecular flexibility index (Phi) is 4.28. The summed E-state index contributed by atoms with van der Waals surface area (Å²) in [5, 5.41) is 9.20. The molecule has 1 fully saturated rings. The summed E-state index contributed by atoms with van der Waals surface area (Å²) in [6.45, 7) is 2.11. The van der Waals surface area contributed by atoms with E-state index in [1.807, 2.05) is 48.7 Å². The summed E-state index contributed by atoms with van der Waals surface area (Å²) in [7, 11) is 0. The number of hydrogen-bond donors (Lipinski definition) is 2. The van der Waals surface area contributed by atoms with Crippen molar-refractivity contribution in [3.8, 4) is 0 Å². The van der Waals surface area contributed by atoms with Crippen LogP contribution in [0.3, 0.4) is 0 Å². The molecule has 1 aromatic heterocycles. The Labute approximate surface area is 144 Å². The van der Waals surface area contributed by atoms with Crippen LogP contribution < -0.4 is 10.6 Å². The minimum atomic E-state index is -0.105. The molecule has 5 heteroatoms. The van der Waals surface area contributed by atoms with Crippen molar-refractivity contribution >= 4 is 33.1 Å². The van der Waals surface area contributed by atoms with Crippen LogP contribution in [-0.2, 0) is 0 Å². The van der Waals surface area contributed by atoms with E-state index in [2.05, 4.69) is 15.6 Å². The van der Waals surface area contributed by atoms with Gasteiger partial charge in [-0.25, -0.2) is 4.98 Å². The normalized spacial score (nSPS) is 15.5. The average molecular weight is 337 g/mol. The van der Waals surface area contributed by atoms with Crippen LogP contribution in [0.1, 0.15) is 34.0 Å². The number of nitrogens with one attached hydrogen (secondary N) is 2. The molecule has 0 unspecified atom stereocenters. The van der Waals surface area contributed by atoms with Crippen molar-refractivity contribution in [3.05, 3.63) is 59.1 Å². The van der Waals surface area contributed by atoms with E-state index in [0.29, 0.717) is 16.6 Å². The molecule has 0 spiro atoms. The number of carbonyl (C=O) groups excluding carboxylic acids is 1. The van der Waals surface area contributed by atoms with E-state index in [9.17, 15) is 4.79 Å². The van der Waals surface area contributed by atoms with Gasteiger partial charge in [-0.2, -0.15) is 0 Å². The highest BCUT2D eigenvalue weighted by molar-refractivity contribution is 7.15. The Balaban J connectivity index is 1.49. The largest absolute Gasteiger partial charge is 0.317 e. The number of anilines is 1. The average Bonchev–Trinajstić information content (AvgIpc) is 3.10. The molecule has 2 N–H and O–H groups in total. The van der Waals surface area contributed by atoms with Crippen molar-refractivity contribution in [1.82, 2.24) is 10.3 Å². The van der Waals surface area contributed by atoms with Gasteiger partial charge in [-0.1, -0.05) is 30.3 Å². The quantitative estimate of drug-likeness (QED) is 0.759. The van der Waals surface area contributed by atoms with Crippen LogP contribution in [0.2, 0.25) is 0 Å². The highest BCUT2D eigenvalue weighted by Gasteiger charge is 2.18. The predicted molar refractivity (Wildman–Crippen MR) is 98.9 cm³/mol. The lowest BCUT2D eigenvalue weighted by molar-refractivity contribution is 0.102. The molecule has 1 amide bonds. The zero-order valence-electron chi connectivity index (χ0n) is 13.3. The Morgan fingerprint density at radius 1 is 1.12 bits per heavy atom. The molecule has 1 aliphatic heterocycles. The predicted octanol–water partition coefficient (Wildman–Crippen LogP) is 4.02. The topological polar surface area (TPSA) is 54.0 Å². The van der Waals surface area contributed by atoms with Crippen molar-refractivity contribution in [3.63, 3.8) is 0 Å². The maximum Gasteiger partial charge on any atom is 0.257 e. The van der Waals surface area contributed by atoms with Gasteiger partial charge in [-0.05, 0) is 54.8 Å². The molecule has 122 valence electrons. The van der Waals surface area contributed by atoms with Crippen molar-refractivity contribution in [2.24, 2.45) is 0 Å². The van der Waals surface area contributed by atoms with E-state index in [4.69, 9.17) is 0 Å². The van der Waals surface area contributed by atoms with Gasteiger partial charge in [-0.3, -0.25) is 10.1 Å². The smallest absolute Gasteiger partial charge is 0.257 e. The molecule has 3 aromatic rings. The third kappa shape index (κ3) is 3.18. The zero-order chi connectivity index (χ0) is 16.4. The molecule has 2 heterocycles. The summed E-state index contributed by atoms with van der Waals surface area (Å²) in [5.41, 5.74) is 0.660. The van der Waals surface area contributed by atoms with Crippen molar-refractivity contribution in [2.45, 2.75) is 18.8 Å². The molecule has 4 nitrogen and oxygen atoms in total. The van der Waals surface area contributed by atoms with E-state index in [-0.39, 0.29) is 5.91 Å². The van der Waals surface area contributed by atoms with Crippen LogP contribution in [0.4, 0.5) is 5.13 Å². The van der Waals surface area contributed by atoms with Gasteiger partial charge in [-0.15, -0.1) is 11.3 Å². The van der Waals surface area contributed by atoms with E-state index in [1.54, 1.807) is 11.3 Å². The van der Waals surface area contributed by atoms with Crippen LogP contribution in [0.5, 0.6) is 0 Å². The van der Waals surface area contributed by atoms with Crippen LogP contribution in [0.15, 0.2) is 48.7 Å². The number of hydrogen-bond acceptors (Lipinski definition) is 4. The van der Waals surface area contributed by atoms with Crippen molar-refractivity contribution < 1.29 is 4.79 Å². The number of rotatable bonds is 3. The summed E-state index contributed by atoms with van der Waals surface area (Å²) < 4.78 is 0. The molecular weight excluding hydrogens is 318 g/mol. The number of thiazole rings is 1. The molecule has 0 saturated carbocycles. The fraction of sp³-hybridized carbons (Fsp3) is 0.263. The van der Waals surface area contributed by atoms with Gasteiger partial charge in [0, 0.05) is 16.6 Å². The summed E-state index contributed by atoms with van der Waals surface area (Å²) in [6, 6.07) is 13.8. The summed E-state index contributed by atoms with van der Waals surface area (Å²) in [6.07, 6.45) is 4.19. The zero-order valence-corrected chi connectivity index (χ0v) is 14.1. The van der Waals surface area contributed by atoms with Crippen molar-refractivity contribution in [2.75, 3.05) is 18.4 Å².